The summed E-state index contributed by atoms with van der Waals surface area (Å²) >= 11 is 1.59. The Morgan fingerprint density at radius 1 is 1.05 bits per heavy atom. The van der Waals surface area contributed by atoms with Crippen molar-refractivity contribution in [1.29, 1.82) is 0 Å². The number of piperidine rings is 1. The Kier molecular flexibility index (Phi) is 12.0. The molecule has 2 heterocycles. The SMILES string of the molecule is CCCCCCC(C)(Cc1cc(-c2ccc(C[C@H](OCC)C(=O)N3CCCCC3)cc2)cs1)C(=O)NC(=O)O. The highest BCUT2D eigenvalue weighted by Crippen LogP contribution is 2.34. The number of carbonyl (C=O) groups is 3. The Hall–Kier alpha value is -2.71. The molecule has 2 N–H and O–H groups in total. The number of nitrogens with zero attached hydrogens (tertiary/aromatic N) is 1. The summed E-state index contributed by atoms with van der Waals surface area (Å²) in [6, 6.07) is 10.3. The molecule has 39 heavy (non-hydrogen) atoms. The number of benzene rings is 1. The van der Waals surface area contributed by atoms with Gasteiger partial charge in [0.2, 0.25) is 5.91 Å². The van der Waals surface area contributed by atoms with Crippen LogP contribution >= 0.6 is 11.3 Å². The summed E-state index contributed by atoms with van der Waals surface area (Å²) in [5.41, 5.74) is 2.41. The number of likely N-dealkylation sites (tertiary alicyclic amines) is 1. The third-order valence-corrected chi connectivity index (χ3v) is 8.53. The molecule has 0 bridgehead atoms. The van der Waals surface area contributed by atoms with E-state index in [4.69, 9.17) is 9.84 Å². The van der Waals surface area contributed by atoms with E-state index >= 15 is 0 Å². The summed E-state index contributed by atoms with van der Waals surface area (Å²) in [5.74, 6) is -0.346. The van der Waals surface area contributed by atoms with Gasteiger partial charge >= 0.3 is 6.09 Å². The summed E-state index contributed by atoms with van der Waals surface area (Å²) in [7, 11) is 0. The van der Waals surface area contributed by atoms with Crippen LogP contribution in [0.25, 0.3) is 11.1 Å². The third kappa shape index (κ3) is 9.17. The Labute approximate surface area is 236 Å². The minimum absolute atomic E-state index is 0.0905. The summed E-state index contributed by atoms with van der Waals surface area (Å²) in [4.78, 5) is 40.0. The smallest absolute Gasteiger partial charge is 0.411 e. The fourth-order valence-corrected chi connectivity index (χ4v) is 6.34. The normalized spacial score (nSPS) is 15.9. The predicted molar refractivity (Wildman–Crippen MR) is 156 cm³/mol. The number of hydrogen-bond acceptors (Lipinski definition) is 5. The number of imide groups is 1. The molecule has 2 aromatic rings. The Morgan fingerprint density at radius 3 is 2.41 bits per heavy atom. The number of carboxylic acid groups (broad SMARTS) is 1. The van der Waals surface area contributed by atoms with Crippen molar-refractivity contribution in [1.82, 2.24) is 10.2 Å². The van der Waals surface area contributed by atoms with Crippen LogP contribution in [0.15, 0.2) is 35.7 Å². The molecule has 3 amide bonds. The van der Waals surface area contributed by atoms with Crippen molar-refractivity contribution in [3.63, 3.8) is 0 Å². The van der Waals surface area contributed by atoms with Gasteiger partial charge in [-0.05, 0) is 67.2 Å². The number of nitrogens with one attached hydrogen (secondary N) is 1. The van der Waals surface area contributed by atoms with E-state index in [2.05, 4.69) is 48.0 Å². The molecule has 1 aliphatic rings. The van der Waals surface area contributed by atoms with Crippen LogP contribution in [0.5, 0.6) is 0 Å². The zero-order valence-corrected chi connectivity index (χ0v) is 24.5. The van der Waals surface area contributed by atoms with Crippen molar-refractivity contribution >= 4 is 29.2 Å². The van der Waals surface area contributed by atoms with Crippen LogP contribution in [0, 0.1) is 5.41 Å². The van der Waals surface area contributed by atoms with Crippen LogP contribution in [0.4, 0.5) is 4.79 Å². The van der Waals surface area contributed by atoms with Crippen LogP contribution in [-0.4, -0.2) is 53.7 Å². The van der Waals surface area contributed by atoms with Crippen LogP contribution in [0.1, 0.15) is 82.6 Å². The fourth-order valence-electron chi connectivity index (χ4n) is 5.27. The maximum absolute atomic E-state index is 13.0. The molecular weight excluding hydrogens is 512 g/mol. The molecule has 7 nitrogen and oxygen atoms in total. The Morgan fingerprint density at radius 2 is 1.77 bits per heavy atom. The standard InChI is InChI=1S/C31H44N2O5S/c1-4-6-7-9-16-31(3,29(35)32-30(36)37)21-26-20-25(22-39-26)24-14-12-23(13-15-24)19-27(38-5-2)28(34)33-17-10-8-11-18-33/h12-15,20,22,27H,4-11,16-19,21H2,1-3H3,(H,32,35)(H,36,37)/t27-,31?/m0/s1. The second-order valence-corrected chi connectivity index (χ2v) is 11.8. The lowest BCUT2D eigenvalue weighted by Gasteiger charge is -2.30. The number of unbranched alkanes of at least 4 members (excludes halogenated alkanes) is 3. The van der Waals surface area contributed by atoms with Crippen molar-refractivity contribution in [2.45, 2.75) is 91.1 Å². The molecule has 1 aromatic heterocycles. The Bertz CT molecular complexity index is 1080. The highest BCUT2D eigenvalue weighted by Gasteiger charge is 2.34. The van der Waals surface area contributed by atoms with Crippen LogP contribution in [-0.2, 0) is 27.2 Å². The molecule has 0 radical (unpaired) electrons. The molecule has 2 atom stereocenters. The zero-order valence-electron chi connectivity index (χ0n) is 23.7. The van der Waals surface area contributed by atoms with Crippen molar-refractivity contribution < 1.29 is 24.2 Å². The number of rotatable bonds is 14. The van der Waals surface area contributed by atoms with Crippen LogP contribution in [0.3, 0.4) is 0 Å². The number of thiophene rings is 1. The van der Waals surface area contributed by atoms with Crippen molar-refractivity contribution in [2.24, 2.45) is 5.41 Å². The van der Waals surface area contributed by atoms with Gasteiger partial charge in [-0.25, -0.2) is 4.79 Å². The Balaban J connectivity index is 1.67. The van der Waals surface area contributed by atoms with E-state index < -0.39 is 23.5 Å². The maximum Gasteiger partial charge on any atom is 0.411 e. The first-order chi connectivity index (χ1) is 18.8. The molecule has 1 fully saturated rings. The topological polar surface area (TPSA) is 95.9 Å². The minimum Gasteiger partial charge on any atom is -0.465 e. The van der Waals surface area contributed by atoms with E-state index in [1.165, 1.54) is 6.42 Å². The highest BCUT2D eigenvalue weighted by atomic mass is 32.1. The second kappa shape index (κ2) is 15.2. The van der Waals surface area contributed by atoms with Gasteiger partial charge in [-0.3, -0.25) is 14.9 Å². The molecule has 1 aromatic carbocycles. The van der Waals surface area contributed by atoms with Gasteiger partial charge in [0.05, 0.1) is 5.41 Å². The largest absolute Gasteiger partial charge is 0.465 e. The van der Waals surface area contributed by atoms with E-state index in [1.807, 2.05) is 18.7 Å². The first-order valence-corrected chi connectivity index (χ1v) is 15.2. The molecule has 0 spiro atoms. The molecule has 8 heteroatoms. The fraction of sp³-hybridized carbons (Fsp3) is 0.581. The summed E-state index contributed by atoms with van der Waals surface area (Å²) < 4.78 is 5.85. The van der Waals surface area contributed by atoms with Crippen LogP contribution in [0.2, 0.25) is 0 Å². The van der Waals surface area contributed by atoms with Gasteiger partial charge in [0.1, 0.15) is 6.10 Å². The molecule has 1 unspecified atom stereocenters. The number of ether oxygens (including phenoxy) is 1. The maximum atomic E-state index is 13.0. The molecule has 0 aliphatic carbocycles. The summed E-state index contributed by atoms with van der Waals surface area (Å²) in [6.07, 6.45) is 7.35. The van der Waals surface area contributed by atoms with E-state index in [-0.39, 0.29) is 5.91 Å². The van der Waals surface area contributed by atoms with Gasteiger partial charge in [-0.1, -0.05) is 63.8 Å². The van der Waals surface area contributed by atoms with Gasteiger partial charge in [-0.2, -0.15) is 0 Å². The number of amides is 3. The molecule has 1 saturated heterocycles. The quantitative estimate of drug-likeness (QED) is 0.253. The monoisotopic (exact) mass is 556 g/mol. The second-order valence-electron chi connectivity index (χ2n) is 10.8. The number of hydrogen-bond donors (Lipinski definition) is 2. The summed E-state index contributed by atoms with van der Waals surface area (Å²) in [6.45, 7) is 8.07. The van der Waals surface area contributed by atoms with Crippen molar-refractivity contribution in [3.8, 4) is 11.1 Å². The van der Waals surface area contributed by atoms with E-state index in [0.29, 0.717) is 25.9 Å². The zero-order chi connectivity index (χ0) is 28.3. The molecular formula is C31H44N2O5S. The molecule has 214 valence electrons. The molecule has 3 rings (SSSR count). The van der Waals surface area contributed by atoms with Gasteiger partial charge < -0.3 is 14.7 Å². The van der Waals surface area contributed by atoms with Gasteiger partial charge in [0, 0.05) is 31.0 Å². The highest BCUT2D eigenvalue weighted by molar-refractivity contribution is 7.10. The first-order valence-electron chi connectivity index (χ1n) is 14.4. The predicted octanol–water partition coefficient (Wildman–Crippen LogP) is 6.69. The van der Waals surface area contributed by atoms with E-state index in [0.717, 1.165) is 73.2 Å². The first kappa shape index (κ1) is 30.8. The van der Waals surface area contributed by atoms with Crippen molar-refractivity contribution in [2.75, 3.05) is 19.7 Å². The number of carbonyl (C=O) groups excluding carboxylic acids is 2. The average molecular weight is 557 g/mol. The van der Waals surface area contributed by atoms with Crippen molar-refractivity contribution in [3.05, 3.63) is 46.2 Å². The lowest BCUT2D eigenvalue weighted by Crippen LogP contribution is -2.44. The summed E-state index contributed by atoms with van der Waals surface area (Å²) in [5, 5.41) is 13.3. The third-order valence-electron chi connectivity index (χ3n) is 7.59. The molecule has 0 saturated carbocycles. The average Bonchev–Trinajstić information content (AvgIpc) is 3.39. The lowest BCUT2D eigenvalue weighted by atomic mass is 9.80. The van der Waals surface area contributed by atoms with Gasteiger partial charge in [-0.15, -0.1) is 11.3 Å². The lowest BCUT2D eigenvalue weighted by molar-refractivity contribution is -0.144. The van der Waals surface area contributed by atoms with E-state index in [1.54, 1.807) is 11.3 Å². The van der Waals surface area contributed by atoms with Gasteiger partial charge in [0.15, 0.2) is 0 Å². The molecule has 1 aliphatic heterocycles. The van der Waals surface area contributed by atoms with Gasteiger partial charge in [0.25, 0.3) is 5.91 Å². The van der Waals surface area contributed by atoms with Crippen LogP contribution < -0.4 is 5.32 Å². The van der Waals surface area contributed by atoms with E-state index in [9.17, 15) is 14.4 Å². The minimum atomic E-state index is -1.31.